The third-order valence-corrected chi connectivity index (χ3v) is 9.30. The van der Waals surface area contributed by atoms with Crippen LogP contribution in [0.25, 0.3) is 0 Å². The highest BCUT2D eigenvalue weighted by molar-refractivity contribution is 5.86. The smallest absolute Gasteiger partial charge is 0.328 e. The average molecular weight is 641 g/mol. The van der Waals surface area contributed by atoms with Crippen LogP contribution in [0.15, 0.2) is 91.0 Å². The molecule has 0 aliphatic heterocycles. The number of nitrogens with one attached hydrogen (secondary N) is 2. The Morgan fingerprint density at radius 2 is 1.09 bits per heavy atom. The number of aliphatic carboxylic acids is 1. The van der Waals surface area contributed by atoms with E-state index >= 15 is 0 Å². The van der Waals surface area contributed by atoms with Gasteiger partial charge < -0.3 is 20.5 Å². The van der Waals surface area contributed by atoms with Gasteiger partial charge in [-0.05, 0) is 80.9 Å². The van der Waals surface area contributed by atoms with Gasteiger partial charge in [-0.3, -0.25) is 14.4 Å². The first-order valence-corrected chi connectivity index (χ1v) is 16.8. The lowest BCUT2D eigenvalue weighted by atomic mass is 9.77. The van der Waals surface area contributed by atoms with Gasteiger partial charge in [0.15, 0.2) is 0 Å². The number of carbonyl (C=O) groups excluding carboxylic acids is 3. The molecule has 0 saturated heterocycles. The lowest BCUT2D eigenvalue weighted by molar-refractivity contribution is -0.149. The molecule has 8 nitrogen and oxygen atoms in total. The summed E-state index contributed by atoms with van der Waals surface area (Å²) >= 11 is 0. The molecule has 3 N–H and O–H groups in total. The quantitative estimate of drug-likeness (QED) is 0.211. The highest BCUT2D eigenvalue weighted by atomic mass is 16.5. The highest BCUT2D eigenvalue weighted by Gasteiger charge is 2.31. The number of hydrogen-bond donors (Lipinski definition) is 3. The van der Waals surface area contributed by atoms with Crippen molar-refractivity contribution in [1.82, 2.24) is 10.6 Å². The second kappa shape index (κ2) is 18.0. The summed E-state index contributed by atoms with van der Waals surface area (Å²) in [6.07, 6.45) is 7.63. The van der Waals surface area contributed by atoms with Gasteiger partial charge in [-0.15, -0.1) is 0 Å². The second-order valence-electron chi connectivity index (χ2n) is 12.8. The Hall–Kier alpha value is -4.46. The summed E-state index contributed by atoms with van der Waals surface area (Å²) in [5.41, 5.74) is 3.50. The van der Waals surface area contributed by atoms with Crippen molar-refractivity contribution in [3.63, 3.8) is 0 Å². The molecule has 0 spiro atoms. The SMILES string of the molecule is C[C@H](NC(=O)[C@@H]1CCC[C@H](c2ccccc2)C1)C(=O)O.C[C@H](NC(=O)[C@@H]1CCC[C@H](c2ccccc2)C1)C(=O)OCc1ccccc1. The molecule has 2 fully saturated rings. The first-order valence-electron chi connectivity index (χ1n) is 16.8. The number of carboxylic acids is 1. The molecule has 2 saturated carbocycles. The largest absolute Gasteiger partial charge is 0.480 e. The molecular weight excluding hydrogens is 592 g/mol. The first-order chi connectivity index (χ1) is 22.7. The van der Waals surface area contributed by atoms with Crippen LogP contribution in [0.1, 0.15) is 93.7 Å². The fourth-order valence-electron chi connectivity index (χ4n) is 6.55. The molecule has 0 unspecified atom stereocenters. The van der Waals surface area contributed by atoms with Gasteiger partial charge in [0, 0.05) is 11.8 Å². The van der Waals surface area contributed by atoms with Crippen LogP contribution in [-0.2, 0) is 30.5 Å². The molecule has 0 bridgehead atoms. The number of benzene rings is 3. The monoisotopic (exact) mass is 640 g/mol. The van der Waals surface area contributed by atoms with E-state index in [4.69, 9.17) is 9.84 Å². The first kappa shape index (κ1) is 35.4. The van der Waals surface area contributed by atoms with Gasteiger partial charge in [0.25, 0.3) is 0 Å². The van der Waals surface area contributed by atoms with E-state index in [0.29, 0.717) is 11.8 Å². The molecule has 3 aromatic rings. The minimum absolute atomic E-state index is 0.0419. The maximum absolute atomic E-state index is 12.6. The minimum atomic E-state index is -0.992. The van der Waals surface area contributed by atoms with Gasteiger partial charge in [0.05, 0.1) is 0 Å². The predicted octanol–water partition coefficient (Wildman–Crippen LogP) is 6.76. The molecule has 6 atom stereocenters. The van der Waals surface area contributed by atoms with Crippen LogP contribution < -0.4 is 10.6 Å². The molecule has 8 heteroatoms. The Morgan fingerprint density at radius 1 is 0.660 bits per heavy atom. The molecule has 0 radical (unpaired) electrons. The third kappa shape index (κ3) is 11.1. The Labute approximate surface area is 278 Å². The summed E-state index contributed by atoms with van der Waals surface area (Å²) in [5, 5.41) is 14.3. The van der Waals surface area contributed by atoms with Crippen molar-refractivity contribution in [3.05, 3.63) is 108 Å². The zero-order valence-electron chi connectivity index (χ0n) is 27.5. The summed E-state index contributed by atoms with van der Waals surface area (Å²) < 4.78 is 5.31. The van der Waals surface area contributed by atoms with Gasteiger partial charge in [-0.25, -0.2) is 4.79 Å². The van der Waals surface area contributed by atoms with E-state index in [0.717, 1.165) is 56.9 Å². The third-order valence-electron chi connectivity index (χ3n) is 9.30. The van der Waals surface area contributed by atoms with Crippen LogP contribution in [0.2, 0.25) is 0 Å². The van der Waals surface area contributed by atoms with Crippen LogP contribution in [-0.4, -0.2) is 40.9 Å². The number of rotatable bonds is 10. The summed E-state index contributed by atoms with van der Waals surface area (Å²) in [4.78, 5) is 47.7. The number of ether oxygens (including phenoxy) is 1. The highest BCUT2D eigenvalue weighted by Crippen LogP contribution is 2.37. The second-order valence-corrected chi connectivity index (χ2v) is 12.8. The van der Waals surface area contributed by atoms with E-state index in [1.165, 1.54) is 18.1 Å². The van der Waals surface area contributed by atoms with Crippen LogP contribution in [0.5, 0.6) is 0 Å². The molecule has 2 aliphatic carbocycles. The summed E-state index contributed by atoms with van der Waals surface area (Å²) in [6.45, 7) is 3.40. The number of carboxylic acid groups (broad SMARTS) is 1. The van der Waals surface area contributed by atoms with Gasteiger partial charge in [0.2, 0.25) is 11.8 Å². The number of esters is 1. The van der Waals surface area contributed by atoms with Gasteiger partial charge in [0.1, 0.15) is 18.7 Å². The van der Waals surface area contributed by atoms with Crippen LogP contribution in [0, 0.1) is 11.8 Å². The van der Waals surface area contributed by atoms with Crippen molar-refractivity contribution < 1.29 is 29.0 Å². The van der Waals surface area contributed by atoms with E-state index in [1.807, 2.05) is 66.7 Å². The molecule has 3 aromatic carbocycles. The molecular formula is C39H48N2O6. The standard InChI is InChI=1S/C23H27NO3.C16H21NO3/c1-17(23(26)27-16-18-9-4-2-5-10-18)24-22(25)21-14-8-13-20(15-21)19-11-6-3-7-12-19;1-11(16(19)20)17-15(18)14-9-5-8-13(10-14)12-6-3-2-4-7-12/h2-7,9-12,17,20-21H,8,13-16H2,1H3,(H,24,25);2-4,6-7,11,13-14H,5,8-10H2,1H3,(H,17,18)(H,19,20)/t17-,20-,21+;11-,13-,14+/m00/s1. The zero-order chi connectivity index (χ0) is 33.6. The normalized spacial score (nSPS) is 21.9. The van der Waals surface area contributed by atoms with Crippen molar-refractivity contribution in [1.29, 1.82) is 0 Å². The Bertz CT molecular complexity index is 1430. The van der Waals surface area contributed by atoms with E-state index in [1.54, 1.807) is 6.92 Å². The van der Waals surface area contributed by atoms with Crippen molar-refractivity contribution in [2.45, 2.75) is 95.7 Å². The van der Waals surface area contributed by atoms with Crippen molar-refractivity contribution >= 4 is 23.8 Å². The van der Waals surface area contributed by atoms with E-state index in [2.05, 4.69) is 34.9 Å². The maximum Gasteiger partial charge on any atom is 0.328 e. The van der Waals surface area contributed by atoms with Crippen molar-refractivity contribution in [2.75, 3.05) is 0 Å². The van der Waals surface area contributed by atoms with Crippen molar-refractivity contribution in [2.24, 2.45) is 11.8 Å². The van der Waals surface area contributed by atoms with Gasteiger partial charge in [-0.2, -0.15) is 0 Å². The Balaban J connectivity index is 0.000000223. The topological polar surface area (TPSA) is 122 Å². The van der Waals surface area contributed by atoms with E-state index < -0.39 is 24.0 Å². The van der Waals surface area contributed by atoms with Gasteiger partial charge in [-0.1, -0.05) is 104 Å². The lowest BCUT2D eigenvalue weighted by Gasteiger charge is -2.29. The molecule has 2 amide bonds. The fraction of sp³-hybridized carbons (Fsp3) is 0.436. The molecule has 5 rings (SSSR count). The summed E-state index contributed by atoms with van der Waals surface area (Å²) in [7, 11) is 0. The summed E-state index contributed by atoms with van der Waals surface area (Å²) in [6, 6.07) is 28.7. The van der Waals surface area contributed by atoms with E-state index in [9.17, 15) is 19.2 Å². The van der Waals surface area contributed by atoms with Crippen LogP contribution in [0.3, 0.4) is 0 Å². The molecule has 47 heavy (non-hydrogen) atoms. The Kier molecular flexibility index (Phi) is 13.6. The van der Waals surface area contributed by atoms with Crippen molar-refractivity contribution in [3.8, 4) is 0 Å². The van der Waals surface area contributed by atoms with E-state index in [-0.39, 0.29) is 30.3 Å². The molecule has 0 aromatic heterocycles. The maximum atomic E-state index is 12.6. The minimum Gasteiger partial charge on any atom is -0.480 e. The number of hydrogen-bond acceptors (Lipinski definition) is 5. The predicted molar refractivity (Wildman–Crippen MR) is 181 cm³/mol. The van der Waals surface area contributed by atoms with Crippen LogP contribution >= 0.6 is 0 Å². The number of carbonyl (C=O) groups is 4. The average Bonchev–Trinajstić information content (AvgIpc) is 3.12. The Morgan fingerprint density at radius 3 is 1.53 bits per heavy atom. The molecule has 2 aliphatic rings. The zero-order valence-corrected chi connectivity index (χ0v) is 27.5. The fourth-order valence-corrected chi connectivity index (χ4v) is 6.55. The van der Waals surface area contributed by atoms with Crippen LogP contribution in [0.4, 0.5) is 0 Å². The van der Waals surface area contributed by atoms with Gasteiger partial charge >= 0.3 is 11.9 Å². The molecule has 250 valence electrons. The lowest BCUT2D eigenvalue weighted by Crippen LogP contribution is -2.43. The summed E-state index contributed by atoms with van der Waals surface area (Å²) in [5.74, 6) is -0.863. The molecule has 0 heterocycles. The number of amides is 2.